The summed E-state index contributed by atoms with van der Waals surface area (Å²) in [6.45, 7) is 4.01. The molecule has 4 N–H and O–H groups in total. The van der Waals surface area contributed by atoms with Gasteiger partial charge in [-0.1, -0.05) is 13.3 Å². The van der Waals surface area contributed by atoms with Gasteiger partial charge in [0.05, 0.1) is 13.7 Å². The predicted octanol–water partition coefficient (Wildman–Crippen LogP) is 1.27. The van der Waals surface area contributed by atoms with Gasteiger partial charge in [0.15, 0.2) is 0 Å². The molecule has 0 aliphatic carbocycles. The van der Waals surface area contributed by atoms with Crippen molar-refractivity contribution < 1.29 is 29.0 Å². The maximum absolute atomic E-state index is 11.4. The van der Waals surface area contributed by atoms with E-state index in [-0.39, 0.29) is 0 Å². The number of hydrogen-bond donors (Lipinski definition) is 3. The average Bonchev–Trinajstić information content (AvgIpc) is 2.45. The van der Waals surface area contributed by atoms with Crippen LogP contribution >= 0.6 is 0 Å². The third-order valence-electron chi connectivity index (χ3n) is 2.46. The number of rotatable bonds is 9. The van der Waals surface area contributed by atoms with E-state index in [0.29, 0.717) is 19.6 Å². The molecule has 0 saturated heterocycles. The molecule has 0 saturated carbocycles. The lowest BCUT2D eigenvalue weighted by molar-refractivity contribution is -0.143. The van der Waals surface area contributed by atoms with Gasteiger partial charge in [-0.15, -0.1) is 0 Å². The standard InChI is InChI=1S/C12H24N2O4.C2H4O2/c1-3-4-9-18-12(16)14-10(11(15)17-2)7-5-6-8-13;1-2(3)4/h10H,3-9,13H2,1-2H3,(H,14,16);1H3,(H,3,4)/t10-;/m0./s1. The normalized spacial score (nSPS) is 10.7. The number of aliphatic carboxylic acids is 1. The van der Waals surface area contributed by atoms with Crippen LogP contribution < -0.4 is 11.1 Å². The smallest absolute Gasteiger partial charge is 0.407 e. The molecular weight excluding hydrogens is 292 g/mol. The lowest BCUT2D eigenvalue weighted by Crippen LogP contribution is -2.41. The fraction of sp³-hybridized carbons (Fsp3) is 0.786. The fourth-order valence-electron chi connectivity index (χ4n) is 1.38. The van der Waals surface area contributed by atoms with Gasteiger partial charge in [-0.3, -0.25) is 4.79 Å². The van der Waals surface area contributed by atoms with Gasteiger partial charge < -0.3 is 25.6 Å². The number of amides is 1. The van der Waals surface area contributed by atoms with Crippen LogP contribution in [0.15, 0.2) is 0 Å². The van der Waals surface area contributed by atoms with E-state index in [9.17, 15) is 9.59 Å². The van der Waals surface area contributed by atoms with Gasteiger partial charge in [-0.05, 0) is 32.2 Å². The Morgan fingerprint density at radius 2 is 1.82 bits per heavy atom. The van der Waals surface area contributed by atoms with Crippen LogP contribution in [0.1, 0.15) is 46.0 Å². The monoisotopic (exact) mass is 320 g/mol. The van der Waals surface area contributed by atoms with E-state index in [1.165, 1.54) is 7.11 Å². The van der Waals surface area contributed by atoms with Crippen LogP contribution in [-0.4, -0.2) is 49.4 Å². The summed E-state index contributed by atoms with van der Waals surface area (Å²) in [5, 5.41) is 9.93. The molecule has 0 unspecified atom stereocenters. The van der Waals surface area contributed by atoms with Crippen molar-refractivity contribution >= 4 is 18.0 Å². The summed E-state index contributed by atoms with van der Waals surface area (Å²) in [4.78, 5) is 31.9. The van der Waals surface area contributed by atoms with Crippen molar-refractivity contribution in [3.63, 3.8) is 0 Å². The van der Waals surface area contributed by atoms with Crippen molar-refractivity contribution in [2.75, 3.05) is 20.3 Å². The van der Waals surface area contributed by atoms with Crippen LogP contribution in [0.3, 0.4) is 0 Å². The molecule has 0 aliphatic rings. The van der Waals surface area contributed by atoms with Crippen LogP contribution in [0.5, 0.6) is 0 Å². The number of hydrogen-bond acceptors (Lipinski definition) is 6. The van der Waals surface area contributed by atoms with Gasteiger partial charge in [-0.2, -0.15) is 0 Å². The highest BCUT2D eigenvalue weighted by atomic mass is 16.6. The second-order valence-electron chi connectivity index (χ2n) is 4.51. The molecule has 0 aromatic rings. The summed E-state index contributed by atoms with van der Waals surface area (Å²) in [7, 11) is 1.29. The Morgan fingerprint density at radius 1 is 1.23 bits per heavy atom. The van der Waals surface area contributed by atoms with E-state index in [1.807, 2.05) is 6.92 Å². The van der Waals surface area contributed by atoms with Gasteiger partial charge in [0.2, 0.25) is 0 Å². The van der Waals surface area contributed by atoms with E-state index in [4.69, 9.17) is 20.4 Å². The van der Waals surface area contributed by atoms with Crippen LogP contribution in [0.25, 0.3) is 0 Å². The Morgan fingerprint density at radius 3 is 2.27 bits per heavy atom. The Kier molecular flexibility index (Phi) is 15.9. The number of carboxylic acid groups (broad SMARTS) is 1. The Balaban J connectivity index is 0. The molecule has 0 aliphatic heterocycles. The number of carbonyl (C=O) groups is 3. The summed E-state index contributed by atoms with van der Waals surface area (Å²) < 4.78 is 9.56. The highest BCUT2D eigenvalue weighted by Gasteiger charge is 2.21. The predicted molar refractivity (Wildman–Crippen MR) is 81.4 cm³/mol. The molecule has 0 heterocycles. The molecule has 0 radical (unpaired) electrons. The first-order valence-corrected chi connectivity index (χ1v) is 7.29. The quantitative estimate of drug-likeness (QED) is 0.431. The second kappa shape index (κ2) is 15.6. The van der Waals surface area contributed by atoms with E-state index in [2.05, 4.69) is 10.1 Å². The minimum absolute atomic E-state index is 0.360. The van der Waals surface area contributed by atoms with Gasteiger partial charge in [-0.25, -0.2) is 9.59 Å². The topological polar surface area (TPSA) is 128 Å². The molecule has 0 bridgehead atoms. The van der Waals surface area contributed by atoms with Gasteiger partial charge in [0, 0.05) is 6.92 Å². The van der Waals surface area contributed by atoms with Crippen LogP contribution in [0.2, 0.25) is 0 Å². The number of carboxylic acids is 1. The van der Waals surface area contributed by atoms with Gasteiger partial charge in [0.1, 0.15) is 6.04 Å². The molecule has 8 nitrogen and oxygen atoms in total. The second-order valence-corrected chi connectivity index (χ2v) is 4.51. The minimum Gasteiger partial charge on any atom is -0.481 e. The molecule has 1 amide bonds. The lowest BCUT2D eigenvalue weighted by atomic mass is 10.1. The molecule has 0 spiro atoms. The maximum Gasteiger partial charge on any atom is 0.407 e. The molecule has 0 aromatic heterocycles. The molecule has 22 heavy (non-hydrogen) atoms. The Hall–Kier alpha value is -1.83. The van der Waals surface area contributed by atoms with Crippen molar-refractivity contribution in [3.05, 3.63) is 0 Å². The highest BCUT2D eigenvalue weighted by Crippen LogP contribution is 2.03. The average molecular weight is 320 g/mol. The third kappa shape index (κ3) is 16.2. The zero-order valence-corrected chi connectivity index (χ0v) is 13.6. The zero-order chi connectivity index (χ0) is 17.4. The Bertz CT molecular complexity index is 318. The first-order valence-electron chi connectivity index (χ1n) is 7.29. The summed E-state index contributed by atoms with van der Waals surface area (Å²) in [6.07, 6.45) is 3.25. The molecule has 8 heteroatoms. The van der Waals surface area contributed by atoms with Crippen molar-refractivity contribution in [1.29, 1.82) is 0 Å². The largest absolute Gasteiger partial charge is 0.481 e. The van der Waals surface area contributed by atoms with Crippen LogP contribution in [0, 0.1) is 0 Å². The number of ether oxygens (including phenoxy) is 2. The molecule has 0 aromatic carbocycles. The third-order valence-corrected chi connectivity index (χ3v) is 2.46. The van der Waals surface area contributed by atoms with Crippen molar-refractivity contribution in [2.24, 2.45) is 5.73 Å². The first kappa shape index (κ1) is 22.5. The van der Waals surface area contributed by atoms with E-state index < -0.39 is 24.1 Å². The minimum atomic E-state index is -0.833. The number of esters is 1. The zero-order valence-electron chi connectivity index (χ0n) is 13.6. The molecule has 0 rings (SSSR count). The summed E-state index contributed by atoms with van der Waals surface area (Å²) >= 11 is 0. The molecular formula is C14H28N2O6. The van der Waals surface area contributed by atoms with Crippen molar-refractivity contribution in [3.8, 4) is 0 Å². The number of methoxy groups -OCH3 is 1. The van der Waals surface area contributed by atoms with Gasteiger partial charge in [0.25, 0.3) is 5.97 Å². The number of unbranched alkanes of at least 4 members (excludes halogenated alkanes) is 2. The van der Waals surface area contributed by atoms with E-state index in [1.54, 1.807) is 0 Å². The number of alkyl carbamates (subject to hydrolysis) is 1. The number of carbonyl (C=O) groups excluding carboxylic acids is 2. The summed E-state index contributed by atoms with van der Waals surface area (Å²) in [6, 6.07) is -0.657. The first-order chi connectivity index (χ1) is 10.4. The molecule has 0 fully saturated rings. The van der Waals surface area contributed by atoms with Gasteiger partial charge >= 0.3 is 12.1 Å². The molecule has 1 atom stereocenters. The number of nitrogens with one attached hydrogen (secondary N) is 1. The molecule has 130 valence electrons. The highest BCUT2D eigenvalue weighted by molar-refractivity contribution is 5.81. The van der Waals surface area contributed by atoms with E-state index >= 15 is 0 Å². The van der Waals surface area contributed by atoms with Crippen molar-refractivity contribution in [2.45, 2.75) is 52.0 Å². The van der Waals surface area contributed by atoms with Crippen LogP contribution in [0.4, 0.5) is 4.79 Å². The number of nitrogens with two attached hydrogens (primary N) is 1. The summed E-state index contributed by atoms with van der Waals surface area (Å²) in [5.41, 5.74) is 5.38. The van der Waals surface area contributed by atoms with Crippen molar-refractivity contribution in [1.82, 2.24) is 5.32 Å². The van der Waals surface area contributed by atoms with Crippen LogP contribution in [-0.2, 0) is 19.1 Å². The SMILES string of the molecule is CC(=O)O.CCCCOC(=O)N[C@@H](CCCCN)C(=O)OC. The Labute approximate surface area is 131 Å². The van der Waals surface area contributed by atoms with E-state index in [0.717, 1.165) is 32.6 Å². The lowest BCUT2D eigenvalue weighted by Gasteiger charge is -2.16. The fourth-order valence-corrected chi connectivity index (χ4v) is 1.38. The maximum atomic E-state index is 11.4. The summed E-state index contributed by atoms with van der Waals surface area (Å²) in [5.74, 6) is -1.29.